The number of likely N-dealkylation sites (tertiary alicyclic amines) is 1. The van der Waals surface area contributed by atoms with Crippen LogP contribution in [0.1, 0.15) is 57.6 Å². The molecule has 1 fully saturated rings. The smallest absolute Gasteiger partial charge is 0.245 e. The highest BCUT2D eigenvalue weighted by Gasteiger charge is 2.40. The van der Waals surface area contributed by atoms with Crippen molar-refractivity contribution in [1.82, 2.24) is 15.2 Å². The number of rotatable bonds is 7. The zero-order valence-electron chi connectivity index (χ0n) is 21.1. The second kappa shape index (κ2) is 10.4. The summed E-state index contributed by atoms with van der Waals surface area (Å²) < 4.78 is 0. The Hall–Kier alpha value is -2.79. The molecule has 0 bridgehead atoms. The summed E-state index contributed by atoms with van der Waals surface area (Å²) in [5.41, 5.74) is 3.37. The standard InChI is InChI=1S/C29H36ClN3O2/c1-19(2)27(32-26(34)14-11-21-17-31-25-8-6-5-7-23(21)25)28(35)33-16-15-24(29(3,4)18-33)20-9-12-22(30)13-10-20/h5-10,12-13,17,19,24,27,31H,11,14-16,18H2,1-4H3,(H,32,34)/t24?,27-/m1/s1. The van der Waals surface area contributed by atoms with Crippen molar-refractivity contribution in [2.45, 2.75) is 58.9 Å². The summed E-state index contributed by atoms with van der Waals surface area (Å²) in [5, 5.41) is 4.92. The molecule has 2 heterocycles. The Morgan fingerprint density at radius 1 is 1.14 bits per heavy atom. The Kier molecular flexibility index (Phi) is 7.56. The summed E-state index contributed by atoms with van der Waals surface area (Å²) in [5.74, 6) is 0.296. The van der Waals surface area contributed by atoms with Crippen molar-refractivity contribution in [3.05, 3.63) is 70.9 Å². The number of amides is 2. The number of halogens is 1. The minimum absolute atomic E-state index is 0.0108. The molecule has 1 aliphatic rings. The minimum Gasteiger partial charge on any atom is -0.361 e. The van der Waals surface area contributed by atoms with Crippen molar-refractivity contribution >= 4 is 34.3 Å². The molecule has 5 nitrogen and oxygen atoms in total. The molecule has 35 heavy (non-hydrogen) atoms. The van der Waals surface area contributed by atoms with Crippen LogP contribution in [0.15, 0.2) is 54.7 Å². The molecule has 1 aromatic heterocycles. The zero-order chi connectivity index (χ0) is 25.2. The van der Waals surface area contributed by atoms with Gasteiger partial charge < -0.3 is 15.2 Å². The van der Waals surface area contributed by atoms with Crippen LogP contribution < -0.4 is 5.32 Å². The monoisotopic (exact) mass is 493 g/mol. The summed E-state index contributed by atoms with van der Waals surface area (Å²) in [6.07, 6.45) is 3.84. The second-order valence-corrected chi connectivity index (χ2v) is 11.2. The predicted molar refractivity (Wildman–Crippen MR) is 143 cm³/mol. The fourth-order valence-corrected chi connectivity index (χ4v) is 5.53. The predicted octanol–water partition coefficient (Wildman–Crippen LogP) is 5.94. The van der Waals surface area contributed by atoms with Gasteiger partial charge >= 0.3 is 0 Å². The van der Waals surface area contributed by atoms with E-state index in [-0.39, 0.29) is 23.1 Å². The van der Waals surface area contributed by atoms with E-state index < -0.39 is 6.04 Å². The quantitative estimate of drug-likeness (QED) is 0.428. The molecule has 4 rings (SSSR count). The number of hydrogen-bond donors (Lipinski definition) is 2. The maximum absolute atomic E-state index is 13.5. The number of aromatic nitrogens is 1. The highest BCUT2D eigenvalue weighted by molar-refractivity contribution is 6.30. The lowest BCUT2D eigenvalue weighted by Gasteiger charge is -2.45. The fourth-order valence-electron chi connectivity index (χ4n) is 5.40. The van der Waals surface area contributed by atoms with Crippen LogP contribution in [0.5, 0.6) is 0 Å². The van der Waals surface area contributed by atoms with E-state index in [4.69, 9.17) is 11.6 Å². The van der Waals surface area contributed by atoms with Gasteiger partial charge in [-0.3, -0.25) is 9.59 Å². The van der Waals surface area contributed by atoms with Gasteiger partial charge in [0.25, 0.3) is 0 Å². The van der Waals surface area contributed by atoms with Crippen LogP contribution in [0.3, 0.4) is 0 Å². The summed E-state index contributed by atoms with van der Waals surface area (Å²) in [6, 6.07) is 15.6. The number of fused-ring (bicyclic) bond motifs is 1. The van der Waals surface area contributed by atoms with Crippen molar-refractivity contribution < 1.29 is 9.59 Å². The van der Waals surface area contributed by atoms with E-state index in [0.29, 0.717) is 31.8 Å². The molecular weight excluding hydrogens is 458 g/mol. The normalized spacial score (nSPS) is 18.6. The third-order valence-electron chi connectivity index (χ3n) is 7.36. The number of H-pyrrole nitrogens is 1. The molecule has 3 aromatic rings. The third-order valence-corrected chi connectivity index (χ3v) is 7.61. The Bertz CT molecular complexity index is 1180. The molecule has 186 valence electrons. The van der Waals surface area contributed by atoms with Gasteiger partial charge in [-0.25, -0.2) is 0 Å². The molecule has 2 N–H and O–H groups in total. The summed E-state index contributed by atoms with van der Waals surface area (Å²) in [7, 11) is 0. The first-order chi connectivity index (χ1) is 16.7. The molecule has 0 radical (unpaired) electrons. The van der Waals surface area contributed by atoms with E-state index in [1.807, 2.05) is 55.3 Å². The van der Waals surface area contributed by atoms with Crippen molar-refractivity contribution in [1.29, 1.82) is 0 Å². The molecular formula is C29H36ClN3O2. The van der Waals surface area contributed by atoms with E-state index in [1.165, 1.54) is 5.56 Å². The number of nitrogens with zero attached hydrogens (tertiary/aromatic N) is 1. The molecule has 1 unspecified atom stereocenters. The van der Waals surface area contributed by atoms with Gasteiger partial charge in [0, 0.05) is 41.6 Å². The van der Waals surface area contributed by atoms with Crippen molar-refractivity contribution in [2.75, 3.05) is 13.1 Å². The zero-order valence-corrected chi connectivity index (χ0v) is 21.9. The molecule has 0 spiro atoms. The number of para-hydroxylation sites is 1. The van der Waals surface area contributed by atoms with Crippen LogP contribution in [0.4, 0.5) is 0 Å². The number of aryl methyl sites for hydroxylation is 1. The van der Waals surface area contributed by atoms with Gasteiger partial charge in [-0.1, -0.05) is 69.6 Å². The van der Waals surface area contributed by atoms with Gasteiger partial charge in [0.05, 0.1) is 0 Å². The highest BCUT2D eigenvalue weighted by Crippen LogP contribution is 2.42. The largest absolute Gasteiger partial charge is 0.361 e. The maximum atomic E-state index is 13.5. The van der Waals surface area contributed by atoms with Crippen LogP contribution in [0, 0.1) is 11.3 Å². The SMILES string of the molecule is CC(C)[C@@H](NC(=O)CCc1c[nH]c2ccccc12)C(=O)N1CCC(c2ccc(Cl)cc2)C(C)(C)C1. The van der Waals surface area contributed by atoms with Crippen LogP contribution in [-0.2, 0) is 16.0 Å². The number of carbonyl (C=O) groups excluding carboxylic acids is 2. The van der Waals surface area contributed by atoms with Crippen molar-refractivity contribution in [2.24, 2.45) is 11.3 Å². The summed E-state index contributed by atoms with van der Waals surface area (Å²) >= 11 is 6.08. The average Bonchev–Trinajstić information content (AvgIpc) is 3.24. The average molecular weight is 494 g/mol. The second-order valence-electron chi connectivity index (χ2n) is 10.8. The topological polar surface area (TPSA) is 65.2 Å². The van der Waals surface area contributed by atoms with Gasteiger partial charge in [-0.2, -0.15) is 0 Å². The van der Waals surface area contributed by atoms with Gasteiger partial charge in [-0.05, 0) is 59.4 Å². The van der Waals surface area contributed by atoms with E-state index in [9.17, 15) is 9.59 Å². The number of benzene rings is 2. The molecule has 0 saturated carbocycles. The summed E-state index contributed by atoms with van der Waals surface area (Å²) in [4.78, 5) is 31.6. The first kappa shape index (κ1) is 25.3. The molecule has 2 atom stereocenters. The van der Waals surface area contributed by atoms with Gasteiger partial charge in [0.2, 0.25) is 11.8 Å². The highest BCUT2D eigenvalue weighted by atomic mass is 35.5. The molecule has 2 amide bonds. The molecule has 2 aromatic carbocycles. The Labute approximate surface area is 213 Å². The molecule has 6 heteroatoms. The molecule has 0 aliphatic carbocycles. The van der Waals surface area contributed by atoms with Crippen LogP contribution >= 0.6 is 11.6 Å². The lowest BCUT2D eigenvalue weighted by atomic mass is 9.70. The molecule has 1 aliphatic heterocycles. The number of hydrogen-bond acceptors (Lipinski definition) is 2. The van der Waals surface area contributed by atoms with Gasteiger partial charge in [-0.15, -0.1) is 0 Å². The van der Waals surface area contributed by atoms with Crippen molar-refractivity contribution in [3.8, 4) is 0 Å². The van der Waals surface area contributed by atoms with Crippen LogP contribution in [-0.4, -0.2) is 40.8 Å². The van der Waals surface area contributed by atoms with Crippen LogP contribution in [0.25, 0.3) is 10.9 Å². The maximum Gasteiger partial charge on any atom is 0.245 e. The van der Waals surface area contributed by atoms with Gasteiger partial charge in [0.15, 0.2) is 0 Å². The fraction of sp³-hybridized carbons (Fsp3) is 0.448. The summed E-state index contributed by atoms with van der Waals surface area (Å²) in [6.45, 7) is 9.77. The van der Waals surface area contributed by atoms with Crippen molar-refractivity contribution in [3.63, 3.8) is 0 Å². The van der Waals surface area contributed by atoms with Gasteiger partial charge in [0.1, 0.15) is 6.04 Å². The van der Waals surface area contributed by atoms with E-state index >= 15 is 0 Å². The van der Waals surface area contributed by atoms with Crippen LogP contribution in [0.2, 0.25) is 5.02 Å². The first-order valence-electron chi connectivity index (χ1n) is 12.5. The Balaban J connectivity index is 1.38. The lowest BCUT2D eigenvalue weighted by molar-refractivity contribution is -0.140. The Morgan fingerprint density at radius 3 is 2.54 bits per heavy atom. The number of nitrogens with one attached hydrogen (secondary N) is 2. The lowest BCUT2D eigenvalue weighted by Crippen LogP contribution is -2.55. The van der Waals surface area contributed by atoms with E-state index in [2.05, 4.69) is 42.3 Å². The van der Waals surface area contributed by atoms with E-state index in [0.717, 1.165) is 27.9 Å². The Morgan fingerprint density at radius 2 is 1.86 bits per heavy atom. The molecule has 1 saturated heterocycles. The number of carbonyl (C=O) groups is 2. The van der Waals surface area contributed by atoms with E-state index in [1.54, 1.807) is 0 Å². The number of piperidine rings is 1. The minimum atomic E-state index is -0.520. The first-order valence-corrected chi connectivity index (χ1v) is 12.9. The number of aromatic amines is 1. The third kappa shape index (κ3) is 5.72.